The zero-order chi connectivity index (χ0) is 27.8. The van der Waals surface area contributed by atoms with E-state index in [1.165, 1.54) is 24.3 Å². The number of halogens is 4. The molecular weight excluding hydrogens is 525 g/mol. The van der Waals surface area contributed by atoms with Crippen molar-refractivity contribution >= 4 is 28.5 Å². The van der Waals surface area contributed by atoms with E-state index in [4.69, 9.17) is 30.2 Å². The quantitative estimate of drug-likeness (QED) is 0.184. The summed E-state index contributed by atoms with van der Waals surface area (Å²) in [5, 5.41) is 0.238. The van der Waals surface area contributed by atoms with Crippen LogP contribution in [0.5, 0.6) is 23.0 Å². The highest BCUT2D eigenvalue weighted by Crippen LogP contribution is 2.39. The second-order valence-electron chi connectivity index (χ2n) is 8.73. The molecule has 6 nitrogen and oxygen atoms in total. The van der Waals surface area contributed by atoms with E-state index in [2.05, 4.69) is 0 Å². The van der Waals surface area contributed by atoms with E-state index in [-0.39, 0.29) is 16.9 Å². The van der Waals surface area contributed by atoms with Gasteiger partial charge in [-0.1, -0.05) is 17.7 Å². The van der Waals surface area contributed by atoms with Crippen LogP contribution in [0.3, 0.4) is 0 Å². The number of esters is 1. The summed E-state index contributed by atoms with van der Waals surface area (Å²) in [5.41, 5.74) is 1.69. The number of ether oxygens (including phenoxy) is 3. The van der Waals surface area contributed by atoms with Gasteiger partial charge in [0.25, 0.3) is 5.76 Å². The Morgan fingerprint density at radius 3 is 2.13 bits per heavy atom. The van der Waals surface area contributed by atoms with Gasteiger partial charge in [-0.2, -0.15) is 13.2 Å². The lowest BCUT2D eigenvalue weighted by molar-refractivity contribution is -0.154. The van der Waals surface area contributed by atoms with E-state index in [0.717, 1.165) is 17.2 Å². The zero-order valence-corrected chi connectivity index (χ0v) is 21.5. The number of alkyl halides is 3. The van der Waals surface area contributed by atoms with Crippen LogP contribution in [0.4, 0.5) is 13.2 Å². The number of rotatable bonds is 6. The summed E-state index contributed by atoms with van der Waals surface area (Å²) in [6, 6.07) is 11.6. The maximum absolute atomic E-state index is 13.9. The number of hydrogen-bond acceptors (Lipinski definition) is 6. The van der Waals surface area contributed by atoms with Crippen LogP contribution in [-0.2, 0) is 11.0 Å². The molecule has 4 aromatic rings. The van der Waals surface area contributed by atoms with Crippen molar-refractivity contribution in [3.63, 3.8) is 0 Å². The summed E-state index contributed by atoms with van der Waals surface area (Å²) in [4.78, 5) is 25.3. The fourth-order valence-corrected chi connectivity index (χ4v) is 3.80. The van der Waals surface area contributed by atoms with E-state index in [9.17, 15) is 22.8 Å². The molecule has 0 unspecified atom stereocenters. The average Bonchev–Trinajstić information content (AvgIpc) is 2.84. The molecule has 38 heavy (non-hydrogen) atoms. The first-order valence-electron chi connectivity index (χ1n) is 11.4. The van der Waals surface area contributed by atoms with E-state index in [0.29, 0.717) is 21.9 Å². The van der Waals surface area contributed by atoms with Crippen LogP contribution in [-0.4, -0.2) is 12.6 Å². The second-order valence-corrected chi connectivity index (χ2v) is 9.11. The Morgan fingerprint density at radius 2 is 1.50 bits per heavy atom. The third-order valence-corrected chi connectivity index (χ3v) is 6.37. The Bertz CT molecular complexity index is 1580. The van der Waals surface area contributed by atoms with Gasteiger partial charge in [-0.25, -0.2) is 4.79 Å². The predicted molar refractivity (Wildman–Crippen MR) is 136 cm³/mol. The Labute approximate surface area is 220 Å². The molecule has 10 heteroatoms. The largest absolute Gasteiger partial charge is 0.482 e. The van der Waals surface area contributed by atoms with Crippen molar-refractivity contribution in [3.05, 3.63) is 91.8 Å². The van der Waals surface area contributed by atoms with Crippen LogP contribution in [0.2, 0.25) is 5.02 Å². The van der Waals surface area contributed by atoms with Gasteiger partial charge in [-0.3, -0.25) is 4.79 Å². The molecule has 0 N–H and O–H groups in total. The van der Waals surface area contributed by atoms with Crippen LogP contribution < -0.4 is 19.6 Å². The minimum absolute atomic E-state index is 0.00382. The molecule has 0 aliphatic rings. The van der Waals surface area contributed by atoms with Crippen molar-refractivity contribution in [2.75, 3.05) is 6.61 Å². The molecule has 0 fully saturated rings. The predicted octanol–water partition coefficient (Wildman–Crippen LogP) is 7.48. The molecule has 0 radical (unpaired) electrons. The molecule has 1 heterocycles. The summed E-state index contributed by atoms with van der Waals surface area (Å²) in [6.07, 6.45) is -5.05. The number of carbonyl (C=O) groups is 1. The number of benzene rings is 3. The van der Waals surface area contributed by atoms with Crippen LogP contribution in [0.1, 0.15) is 28.0 Å². The summed E-state index contributed by atoms with van der Waals surface area (Å²) in [5.74, 6) is -3.10. The molecule has 198 valence electrons. The first kappa shape index (κ1) is 27.1. The molecule has 0 atom stereocenters. The second kappa shape index (κ2) is 10.4. The van der Waals surface area contributed by atoms with Crippen molar-refractivity contribution in [2.45, 2.75) is 33.9 Å². The third-order valence-electron chi connectivity index (χ3n) is 5.78. The minimum atomic E-state index is -5.05. The SMILES string of the molecule is Cc1ccc(OCC(=O)Oc2ccc3c(=O)c(Oc4cc(C)c(Cl)c(C)c4)c(C(F)(F)F)oc3c2)cc1C. The molecule has 0 aliphatic heterocycles. The zero-order valence-electron chi connectivity index (χ0n) is 20.8. The minimum Gasteiger partial charge on any atom is -0.482 e. The Kier molecular flexibility index (Phi) is 7.42. The molecule has 4 rings (SSSR count). The molecular formula is C28H22ClF3O6. The highest BCUT2D eigenvalue weighted by atomic mass is 35.5. The van der Waals surface area contributed by atoms with E-state index in [1.54, 1.807) is 26.0 Å². The standard InChI is InChI=1S/C28H22ClF3O6/c1-14-5-6-18(9-15(14)2)35-13-23(33)36-19-7-8-21-22(12-19)38-27(28(30,31)32)26(25(21)34)37-20-10-16(3)24(29)17(4)11-20/h5-12H,13H2,1-4H3. The lowest BCUT2D eigenvalue weighted by Crippen LogP contribution is -2.18. The van der Waals surface area contributed by atoms with Gasteiger partial charge >= 0.3 is 12.1 Å². The molecule has 1 aromatic heterocycles. The van der Waals surface area contributed by atoms with Gasteiger partial charge in [-0.15, -0.1) is 0 Å². The van der Waals surface area contributed by atoms with Gasteiger partial charge in [-0.05, 0) is 86.3 Å². The Balaban J connectivity index is 1.62. The third kappa shape index (κ3) is 5.78. The summed E-state index contributed by atoms with van der Waals surface area (Å²) in [7, 11) is 0. The Hall–Kier alpha value is -3.98. The maximum Gasteiger partial charge on any atom is 0.453 e. The topological polar surface area (TPSA) is 75.0 Å². The monoisotopic (exact) mass is 546 g/mol. The number of hydrogen-bond donors (Lipinski definition) is 0. The van der Waals surface area contributed by atoms with Gasteiger partial charge in [0, 0.05) is 11.1 Å². The molecule has 0 saturated carbocycles. The fraction of sp³-hybridized carbons (Fsp3) is 0.214. The summed E-state index contributed by atoms with van der Waals surface area (Å²) < 4.78 is 62.7. The maximum atomic E-state index is 13.9. The molecule has 0 saturated heterocycles. The number of carbonyl (C=O) groups excluding carboxylic acids is 1. The highest BCUT2D eigenvalue weighted by Gasteiger charge is 2.40. The van der Waals surface area contributed by atoms with Crippen molar-refractivity contribution in [1.82, 2.24) is 0 Å². The summed E-state index contributed by atoms with van der Waals surface area (Å²) in [6.45, 7) is 6.71. The van der Waals surface area contributed by atoms with E-state index < -0.39 is 41.3 Å². The van der Waals surface area contributed by atoms with Gasteiger partial charge in [0.1, 0.15) is 22.8 Å². The van der Waals surface area contributed by atoms with Crippen molar-refractivity contribution < 1.29 is 36.6 Å². The van der Waals surface area contributed by atoms with Crippen LogP contribution in [0, 0.1) is 27.7 Å². The molecule has 0 aliphatic carbocycles. The van der Waals surface area contributed by atoms with Gasteiger partial charge in [0.05, 0.1) is 5.39 Å². The molecule has 3 aromatic carbocycles. The van der Waals surface area contributed by atoms with E-state index in [1.807, 2.05) is 19.9 Å². The number of aryl methyl sites for hydroxylation is 4. The Morgan fingerprint density at radius 1 is 0.868 bits per heavy atom. The van der Waals surface area contributed by atoms with Gasteiger partial charge in [0.15, 0.2) is 6.61 Å². The highest BCUT2D eigenvalue weighted by molar-refractivity contribution is 6.32. The van der Waals surface area contributed by atoms with Gasteiger partial charge < -0.3 is 18.6 Å². The normalized spacial score (nSPS) is 11.5. The average molecular weight is 547 g/mol. The first-order valence-corrected chi connectivity index (χ1v) is 11.7. The summed E-state index contributed by atoms with van der Waals surface area (Å²) >= 11 is 6.12. The van der Waals surface area contributed by atoms with Gasteiger partial charge in [0.2, 0.25) is 11.2 Å². The van der Waals surface area contributed by atoms with Crippen LogP contribution in [0.25, 0.3) is 11.0 Å². The molecule has 0 amide bonds. The number of fused-ring (bicyclic) bond motifs is 1. The smallest absolute Gasteiger partial charge is 0.453 e. The fourth-order valence-electron chi connectivity index (χ4n) is 3.69. The van der Waals surface area contributed by atoms with Crippen molar-refractivity contribution in [1.29, 1.82) is 0 Å². The first-order chi connectivity index (χ1) is 17.8. The molecule has 0 bridgehead atoms. The van der Waals surface area contributed by atoms with Crippen LogP contribution >= 0.6 is 11.6 Å². The van der Waals surface area contributed by atoms with Crippen molar-refractivity contribution in [2.24, 2.45) is 0 Å². The van der Waals surface area contributed by atoms with E-state index >= 15 is 0 Å². The molecule has 0 spiro atoms. The van der Waals surface area contributed by atoms with Crippen LogP contribution in [0.15, 0.2) is 57.7 Å². The lowest BCUT2D eigenvalue weighted by atomic mass is 10.1. The van der Waals surface area contributed by atoms with Crippen molar-refractivity contribution in [3.8, 4) is 23.0 Å². The lowest BCUT2D eigenvalue weighted by Gasteiger charge is -2.15.